The standard InChI is InChI=1S/C18H36O/c1-8-18(9-2,19-17(5,6)7)15-13-11-10-12-14-16(3)4/h12,14,16H,8-11,13,15H2,1-7H3/b14-12+. The van der Waals surface area contributed by atoms with Gasteiger partial charge < -0.3 is 4.74 Å². The highest BCUT2D eigenvalue weighted by atomic mass is 16.5. The van der Waals surface area contributed by atoms with Crippen LogP contribution in [-0.2, 0) is 4.74 Å². The van der Waals surface area contributed by atoms with Crippen LogP contribution in [0.3, 0.4) is 0 Å². The van der Waals surface area contributed by atoms with E-state index in [1.54, 1.807) is 0 Å². The molecule has 0 saturated carbocycles. The quantitative estimate of drug-likeness (QED) is 0.361. The summed E-state index contributed by atoms with van der Waals surface area (Å²) in [6.45, 7) is 15.5. The first kappa shape index (κ1) is 18.7. The molecule has 0 spiro atoms. The van der Waals surface area contributed by atoms with Crippen molar-refractivity contribution in [2.45, 2.75) is 98.2 Å². The summed E-state index contributed by atoms with van der Waals surface area (Å²) in [4.78, 5) is 0. The number of allylic oxidation sites excluding steroid dienone is 2. The number of unbranched alkanes of at least 4 members (excludes halogenated alkanes) is 2. The van der Waals surface area contributed by atoms with Crippen molar-refractivity contribution in [2.24, 2.45) is 5.92 Å². The second-order valence-electron chi connectivity index (χ2n) is 7.02. The first-order valence-electron chi connectivity index (χ1n) is 8.11. The predicted molar refractivity (Wildman–Crippen MR) is 86.6 cm³/mol. The van der Waals surface area contributed by atoms with E-state index in [4.69, 9.17) is 4.74 Å². The summed E-state index contributed by atoms with van der Waals surface area (Å²) in [5.74, 6) is 0.676. The van der Waals surface area contributed by atoms with Crippen LogP contribution in [0.2, 0.25) is 0 Å². The van der Waals surface area contributed by atoms with Gasteiger partial charge in [-0.15, -0.1) is 0 Å². The summed E-state index contributed by atoms with van der Waals surface area (Å²) < 4.78 is 6.35. The van der Waals surface area contributed by atoms with Crippen molar-refractivity contribution in [3.8, 4) is 0 Å². The average molecular weight is 268 g/mol. The number of hydrogen-bond donors (Lipinski definition) is 0. The Morgan fingerprint density at radius 3 is 2.00 bits per heavy atom. The number of rotatable bonds is 9. The Morgan fingerprint density at radius 1 is 1.00 bits per heavy atom. The molecule has 0 amide bonds. The molecular formula is C18H36O. The maximum atomic E-state index is 6.35. The van der Waals surface area contributed by atoms with Gasteiger partial charge in [-0.25, -0.2) is 0 Å². The lowest BCUT2D eigenvalue weighted by molar-refractivity contribution is -0.140. The zero-order valence-corrected chi connectivity index (χ0v) is 14.4. The third-order valence-electron chi connectivity index (χ3n) is 3.59. The van der Waals surface area contributed by atoms with E-state index in [0.717, 1.165) is 12.8 Å². The molecule has 0 fully saturated rings. The van der Waals surface area contributed by atoms with Gasteiger partial charge in [0.15, 0.2) is 0 Å². The van der Waals surface area contributed by atoms with Crippen molar-refractivity contribution < 1.29 is 4.74 Å². The molecule has 0 aromatic rings. The van der Waals surface area contributed by atoms with Gasteiger partial charge >= 0.3 is 0 Å². The van der Waals surface area contributed by atoms with Gasteiger partial charge in [-0.05, 0) is 58.8 Å². The minimum absolute atomic E-state index is 0.0381. The van der Waals surface area contributed by atoms with Crippen molar-refractivity contribution in [2.75, 3.05) is 0 Å². The van der Waals surface area contributed by atoms with E-state index >= 15 is 0 Å². The summed E-state index contributed by atoms with van der Waals surface area (Å²) in [7, 11) is 0. The summed E-state index contributed by atoms with van der Waals surface area (Å²) in [5.41, 5.74) is 0.0452. The molecule has 0 aliphatic heterocycles. The van der Waals surface area contributed by atoms with E-state index < -0.39 is 0 Å². The fraction of sp³-hybridized carbons (Fsp3) is 0.889. The normalized spacial score (nSPS) is 13.7. The Balaban J connectivity index is 4.15. The molecule has 0 aromatic heterocycles. The molecule has 0 radical (unpaired) electrons. The zero-order chi connectivity index (χ0) is 14.9. The van der Waals surface area contributed by atoms with Gasteiger partial charge in [0.25, 0.3) is 0 Å². The molecule has 0 heterocycles. The minimum atomic E-state index is -0.0381. The van der Waals surface area contributed by atoms with Crippen LogP contribution in [0, 0.1) is 5.92 Å². The van der Waals surface area contributed by atoms with E-state index in [9.17, 15) is 0 Å². The van der Waals surface area contributed by atoms with Crippen molar-refractivity contribution >= 4 is 0 Å². The van der Waals surface area contributed by atoms with Gasteiger partial charge in [0.2, 0.25) is 0 Å². The third-order valence-corrected chi connectivity index (χ3v) is 3.59. The Hall–Kier alpha value is -0.300. The average Bonchev–Trinajstić information content (AvgIpc) is 2.30. The van der Waals surface area contributed by atoms with Gasteiger partial charge in [-0.3, -0.25) is 0 Å². The van der Waals surface area contributed by atoms with Crippen LogP contribution in [0.4, 0.5) is 0 Å². The molecule has 0 aliphatic carbocycles. The van der Waals surface area contributed by atoms with Crippen LogP contribution >= 0.6 is 0 Å². The number of ether oxygens (including phenoxy) is 1. The van der Waals surface area contributed by atoms with Gasteiger partial charge in [-0.2, -0.15) is 0 Å². The van der Waals surface area contributed by atoms with Crippen LogP contribution in [0.1, 0.15) is 87.0 Å². The fourth-order valence-corrected chi connectivity index (χ4v) is 2.53. The van der Waals surface area contributed by atoms with Gasteiger partial charge in [0.05, 0.1) is 11.2 Å². The maximum absolute atomic E-state index is 6.35. The topological polar surface area (TPSA) is 9.23 Å². The SMILES string of the molecule is CCC(CC)(CCCC/C=C/C(C)C)OC(C)(C)C. The van der Waals surface area contributed by atoms with Crippen molar-refractivity contribution in [1.29, 1.82) is 0 Å². The molecule has 1 heteroatoms. The molecule has 0 N–H and O–H groups in total. The summed E-state index contributed by atoms with van der Waals surface area (Å²) in [5, 5.41) is 0. The lowest BCUT2D eigenvalue weighted by atomic mass is 9.89. The zero-order valence-electron chi connectivity index (χ0n) is 14.4. The maximum Gasteiger partial charge on any atom is 0.0684 e. The Labute approximate surface area is 121 Å². The summed E-state index contributed by atoms with van der Waals surface area (Å²) in [6, 6.07) is 0. The van der Waals surface area contributed by atoms with E-state index in [1.807, 2.05) is 0 Å². The molecule has 0 aromatic carbocycles. The molecule has 0 bridgehead atoms. The highest BCUT2D eigenvalue weighted by molar-refractivity contribution is 4.85. The minimum Gasteiger partial charge on any atom is -0.369 e. The van der Waals surface area contributed by atoms with Gasteiger partial charge in [-0.1, -0.05) is 46.3 Å². The van der Waals surface area contributed by atoms with E-state index in [-0.39, 0.29) is 11.2 Å². The van der Waals surface area contributed by atoms with Crippen molar-refractivity contribution in [1.82, 2.24) is 0 Å². The fourth-order valence-electron chi connectivity index (χ4n) is 2.53. The van der Waals surface area contributed by atoms with Crippen molar-refractivity contribution in [3.05, 3.63) is 12.2 Å². The molecular weight excluding hydrogens is 232 g/mol. The summed E-state index contributed by atoms with van der Waals surface area (Å²) in [6.07, 6.45) is 11.8. The highest BCUT2D eigenvalue weighted by Crippen LogP contribution is 2.32. The van der Waals surface area contributed by atoms with E-state index in [0.29, 0.717) is 5.92 Å². The van der Waals surface area contributed by atoms with Crippen LogP contribution in [-0.4, -0.2) is 11.2 Å². The smallest absolute Gasteiger partial charge is 0.0684 e. The largest absolute Gasteiger partial charge is 0.369 e. The van der Waals surface area contributed by atoms with E-state index in [1.165, 1.54) is 25.7 Å². The first-order valence-corrected chi connectivity index (χ1v) is 8.11. The van der Waals surface area contributed by atoms with Crippen LogP contribution < -0.4 is 0 Å². The Morgan fingerprint density at radius 2 is 1.58 bits per heavy atom. The Kier molecular flexibility index (Phi) is 8.65. The second kappa shape index (κ2) is 8.79. The first-order chi connectivity index (χ1) is 8.74. The second-order valence-corrected chi connectivity index (χ2v) is 7.02. The van der Waals surface area contributed by atoms with Crippen molar-refractivity contribution in [3.63, 3.8) is 0 Å². The van der Waals surface area contributed by atoms with Gasteiger partial charge in [0.1, 0.15) is 0 Å². The summed E-state index contributed by atoms with van der Waals surface area (Å²) >= 11 is 0. The molecule has 0 aliphatic rings. The lowest BCUT2D eigenvalue weighted by Crippen LogP contribution is -2.39. The highest BCUT2D eigenvalue weighted by Gasteiger charge is 2.31. The third kappa shape index (κ3) is 9.27. The number of hydrogen-bond acceptors (Lipinski definition) is 1. The molecule has 0 atom stereocenters. The lowest BCUT2D eigenvalue weighted by Gasteiger charge is -2.38. The van der Waals surface area contributed by atoms with Crippen LogP contribution in [0.5, 0.6) is 0 Å². The monoisotopic (exact) mass is 268 g/mol. The van der Waals surface area contributed by atoms with Crippen LogP contribution in [0.25, 0.3) is 0 Å². The predicted octanol–water partition coefficient (Wildman–Crippen LogP) is 6.13. The Bertz CT molecular complexity index is 241. The molecule has 0 rings (SSSR count). The molecule has 1 nitrogen and oxygen atoms in total. The van der Waals surface area contributed by atoms with Gasteiger partial charge in [0, 0.05) is 0 Å². The van der Waals surface area contributed by atoms with Crippen LogP contribution in [0.15, 0.2) is 12.2 Å². The molecule has 0 unspecified atom stereocenters. The molecule has 0 saturated heterocycles. The molecule has 19 heavy (non-hydrogen) atoms. The van der Waals surface area contributed by atoms with E-state index in [2.05, 4.69) is 60.6 Å². The molecule has 114 valence electrons.